The number of carbonyl (C=O) groups excluding carboxylic acids is 1. The molecule has 6 heteroatoms. The molecule has 0 aliphatic carbocycles. The van der Waals surface area contributed by atoms with E-state index in [1.807, 2.05) is 0 Å². The van der Waals surface area contributed by atoms with Crippen LogP contribution >= 0.6 is 15.9 Å². The van der Waals surface area contributed by atoms with Crippen LogP contribution in [0.4, 0.5) is 8.78 Å². The first kappa shape index (κ1) is 12.4. The molecule has 92 valence electrons. The minimum atomic E-state index is -1.79. The molecule has 3 nitrogen and oxygen atoms in total. The maximum atomic E-state index is 13.8. The number of nitrogens with one attached hydrogen (secondary N) is 1. The lowest BCUT2D eigenvalue weighted by Gasteiger charge is -2.37. The quantitative estimate of drug-likeness (QED) is 0.864. The van der Waals surface area contributed by atoms with E-state index in [1.165, 1.54) is 25.1 Å². The van der Waals surface area contributed by atoms with Gasteiger partial charge in [-0.25, -0.2) is 8.78 Å². The molecule has 1 fully saturated rings. The molecule has 1 heterocycles. The van der Waals surface area contributed by atoms with Crippen molar-refractivity contribution in [3.05, 3.63) is 34.1 Å². The Morgan fingerprint density at radius 3 is 3.00 bits per heavy atom. The van der Waals surface area contributed by atoms with Crippen LogP contribution in [0.25, 0.3) is 0 Å². The minimum absolute atomic E-state index is 0.0485. The topological polar surface area (TPSA) is 38.3 Å². The maximum Gasteiger partial charge on any atom is 0.247 e. The van der Waals surface area contributed by atoms with E-state index < -0.39 is 23.6 Å². The van der Waals surface area contributed by atoms with Gasteiger partial charge in [0.15, 0.2) is 0 Å². The van der Waals surface area contributed by atoms with E-state index in [1.54, 1.807) is 0 Å². The van der Waals surface area contributed by atoms with Crippen molar-refractivity contribution in [3.63, 3.8) is 0 Å². The molecule has 2 unspecified atom stereocenters. The fourth-order valence-electron chi connectivity index (χ4n) is 1.78. The lowest BCUT2D eigenvalue weighted by molar-refractivity contribution is -0.162. The minimum Gasteiger partial charge on any atom is -0.339 e. The highest BCUT2D eigenvalue weighted by atomic mass is 79.9. The molecule has 1 aliphatic heterocycles. The number of benzene rings is 1. The molecule has 1 amide bonds. The van der Waals surface area contributed by atoms with Gasteiger partial charge in [-0.3, -0.25) is 4.79 Å². The van der Waals surface area contributed by atoms with E-state index in [0.717, 1.165) is 0 Å². The molecular weight excluding hydrogens is 296 g/mol. The Morgan fingerprint density at radius 1 is 1.59 bits per heavy atom. The maximum absolute atomic E-state index is 13.8. The summed E-state index contributed by atoms with van der Waals surface area (Å²) < 4.78 is 32.8. The van der Waals surface area contributed by atoms with Crippen LogP contribution in [0.2, 0.25) is 0 Å². The van der Waals surface area contributed by atoms with Crippen molar-refractivity contribution in [2.24, 2.45) is 0 Å². The molecule has 1 aromatic rings. The Labute approximate surface area is 105 Å². The summed E-state index contributed by atoms with van der Waals surface area (Å²) in [6.07, 6.45) is -1.79. The van der Waals surface area contributed by atoms with Gasteiger partial charge in [0.25, 0.3) is 0 Å². The number of carbonyl (C=O) groups is 1. The molecule has 0 aromatic heterocycles. The number of halogens is 3. The highest BCUT2D eigenvalue weighted by Crippen LogP contribution is 2.33. The van der Waals surface area contributed by atoms with Crippen molar-refractivity contribution in [1.29, 1.82) is 0 Å². The zero-order valence-corrected chi connectivity index (χ0v) is 10.6. The average molecular weight is 306 g/mol. The summed E-state index contributed by atoms with van der Waals surface area (Å²) in [6.45, 7) is 1.03. The molecule has 0 radical (unpaired) electrons. The molecule has 1 aromatic carbocycles. The zero-order chi connectivity index (χ0) is 12.6. The largest absolute Gasteiger partial charge is 0.339 e. The summed E-state index contributed by atoms with van der Waals surface area (Å²) in [4.78, 5) is 11.3. The van der Waals surface area contributed by atoms with Crippen LogP contribution in [0.15, 0.2) is 22.7 Å². The third-order valence-corrected chi connectivity index (χ3v) is 3.19. The second kappa shape index (κ2) is 4.34. The molecule has 2 atom stereocenters. The van der Waals surface area contributed by atoms with Crippen LogP contribution in [0.5, 0.6) is 0 Å². The van der Waals surface area contributed by atoms with Gasteiger partial charge in [-0.15, -0.1) is 0 Å². The van der Waals surface area contributed by atoms with Crippen molar-refractivity contribution < 1.29 is 18.3 Å². The van der Waals surface area contributed by atoms with Crippen LogP contribution in [-0.4, -0.2) is 18.9 Å². The van der Waals surface area contributed by atoms with Crippen LogP contribution in [0.1, 0.15) is 12.5 Å². The molecule has 1 aliphatic rings. The number of rotatable bonds is 1. The molecule has 1 saturated heterocycles. The SMILES string of the molecule is CC1(c2cc(Br)ccc2F)NC(=O)COC1F. The lowest BCUT2D eigenvalue weighted by Crippen LogP contribution is -2.57. The van der Waals surface area contributed by atoms with Gasteiger partial charge in [0, 0.05) is 10.0 Å². The Kier molecular flexibility index (Phi) is 3.18. The highest BCUT2D eigenvalue weighted by molar-refractivity contribution is 9.10. The Bertz CT molecular complexity index is 469. The Hall–Kier alpha value is -1.01. The van der Waals surface area contributed by atoms with Gasteiger partial charge < -0.3 is 10.1 Å². The third-order valence-electron chi connectivity index (χ3n) is 2.70. The standard InChI is InChI=1S/C11H10BrF2NO2/c1-11(10(14)17-5-9(16)15-11)7-4-6(12)2-3-8(7)13/h2-4,10H,5H2,1H3,(H,15,16). The van der Waals surface area contributed by atoms with Gasteiger partial charge in [0.1, 0.15) is 18.0 Å². The van der Waals surface area contributed by atoms with E-state index in [2.05, 4.69) is 21.2 Å². The van der Waals surface area contributed by atoms with E-state index in [4.69, 9.17) is 4.74 Å². The summed E-state index contributed by atoms with van der Waals surface area (Å²) in [5.41, 5.74) is -1.46. The van der Waals surface area contributed by atoms with E-state index >= 15 is 0 Å². The van der Waals surface area contributed by atoms with Gasteiger partial charge >= 0.3 is 0 Å². The molecule has 1 N–H and O–H groups in total. The molecule has 0 saturated carbocycles. The average Bonchev–Trinajstić information content (AvgIpc) is 2.27. The van der Waals surface area contributed by atoms with Crippen LogP contribution in [0, 0.1) is 5.82 Å². The number of ether oxygens (including phenoxy) is 1. The van der Waals surface area contributed by atoms with Crippen molar-refractivity contribution in [3.8, 4) is 0 Å². The van der Waals surface area contributed by atoms with Gasteiger partial charge in [0.05, 0.1) is 0 Å². The number of morpholine rings is 1. The van der Waals surface area contributed by atoms with Crippen molar-refractivity contribution >= 4 is 21.8 Å². The van der Waals surface area contributed by atoms with E-state index in [-0.39, 0.29) is 12.2 Å². The number of amides is 1. The Morgan fingerprint density at radius 2 is 2.29 bits per heavy atom. The number of hydrogen-bond acceptors (Lipinski definition) is 2. The predicted octanol–water partition coefficient (Wildman–Crippen LogP) is 2.25. The van der Waals surface area contributed by atoms with Crippen molar-refractivity contribution in [2.75, 3.05) is 6.61 Å². The smallest absolute Gasteiger partial charge is 0.247 e. The summed E-state index contributed by atoms with van der Waals surface area (Å²) >= 11 is 3.18. The van der Waals surface area contributed by atoms with Gasteiger partial charge in [-0.05, 0) is 25.1 Å². The van der Waals surface area contributed by atoms with Gasteiger partial charge in [-0.1, -0.05) is 15.9 Å². The molecular formula is C11H10BrF2NO2. The highest BCUT2D eigenvalue weighted by Gasteiger charge is 2.44. The van der Waals surface area contributed by atoms with E-state index in [0.29, 0.717) is 4.47 Å². The first-order chi connectivity index (χ1) is 7.93. The zero-order valence-electron chi connectivity index (χ0n) is 8.97. The number of hydrogen-bond donors (Lipinski definition) is 1. The third kappa shape index (κ3) is 2.19. The second-order valence-electron chi connectivity index (χ2n) is 4.00. The fourth-order valence-corrected chi connectivity index (χ4v) is 2.14. The predicted molar refractivity (Wildman–Crippen MR) is 60.4 cm³/mol. The van der Waals surface area contributed by atoms with Crippen molar-refractivity contribution in [2.45, 2.75) is 18.8 Å². The molecule has 2 rings (SSSR count). The monoisotopic (exact) mass is 305 g/mol. The normalized spacial score (nSPS) is 28.9. The summed E-state index contributed by atoms with van der Waals surface area (Å²) in [6, 6.07) is 4.13. The molecule has 0 bridgehead atoms. The summed E-state index contributed by atoms with van der Waals surface area (Å²) in [5, 5.41) is 2.43. The second-order valence-corrected chi connectivity index (χ2v) is 4.92. The first-order valence-electron chi connectivity index (χ1n) is 4.95. The summed E-state index contributed by atoms with van der Waals surface area (Å²) in [7, 11) is 0. The first-order valence-corrected chi connectivity index (χ1v) is 5.75. The summed E-state index contributed by atoms with van der Waals surface area (Å²) in [5.74, 6) is -1.06. The Balaban J connectivity index is 2.48. The van der Waals surface area contributed by atoms with Gasteiger partial charge in [-0.2, -0.15) is 0 Å². The molecule has 17 heavy (non-hydrogen) atoms. The van der Waals surface area contributed by atoms with Crippen LogP contribution < -0.4 is 5.32 Å². The van der Waals surface area contributed by atoms with Crippen LogP contribution in [-0.2, 0) is 15.1 Å². The fraction of sp³-hybridized carbons (Fsp3) is 0.364. The lowest BCUT2D eigenvalue weighted by atomic mass is 9.90. The molecule has 0 spiro atoms. The van der Waals surface area contributed by atoms with Crippen LogP contribution in [0.3, 0.4) is 0 Å². The van der Waals surface area contributed by atoms with Crippen molar-refractivity contribution in [1.82, 2.24) is 5.32 Å². The van der Waals surface area contributed by atoms with E-state index in [9.17, 15) is 13.6 Å². The number of alkyl halides is 1. The van der Waals surface area contributed by atoms with Gasteiger partial charge in [0.2, 0.25) is 12.3 Å².